The molecule has 0 atom stereocenters. The van der Waals surface area contributed by atoms with Crippen LogP contribution in [0.3, 0.4) is 0 Å². The Balaban J connectivity index is 3.13. The molecule has 0 bridgehead atoms. The van der Waals surface area contributed by atoms with Crippen LogP contribution in [0.25, 0.3) is 0 Å². The van der Waals surface area contributed by atoms with Gasteiger partial charge in [-0.1, -0.05) is 44.1 Å². The normalized spacial score (nSPS) is 11.8. The maximum Gasteiger partial charge on any atom is 0.0465 e. The summed E-state index contributed by atoms with van der Waals surface area (Å²) < 4.78 is 0. The van der Waals surface area contributed by atoms with E-state index in [4.69, 9.17) is 5.11 Å². The Kier molecular flexibility index (Phi) is 9.95. The standard InChI is InChI=1S/C11H20O/c1-2-3-4-5-6-7-8-9-10-11-12/h6-9,12H,2-5,10-11H2,1H3/b7-6-,9-8+. The molecule has 0 heterocycles. The third kappa shape index (κ3) is 9.44. The van der Waals surface area contributed by atoms with Crippen molar-refractivity contribution in [3.63, 3.8) is 0 Å². The highest BCUT2D eigenvalue weighted by Crippen LogP contribution is 1.99. The molecule has 70 valence electrons. The van der Waals surface area contributed by atoms with Crippen LogP contribution in [0.5, 0.6) is 0 Å². The summed E-state index contributed by atoms with van der Waals surface area (Å²) in [6, 6.07) is 0. The van der Waals surface area contributed by atoms with Gasteiger partial charge in [-0.15, -0.1) is 0 Å². The summed E-state index contributed by atoms with van der Waals surface area (Å²) >= 11 is 0. The van der Waals surface area contributed by atoms with Crippen LogP contribution in [0.4, 0.5) is 0 Å². The molecule has 1 N–H and O–H groups in total. The van der Waals surface area contributed by atoms with Gasteiger partial charge >= 0.3 is 0 Å². The van der Waals surface area contributed by atoms with Crippen LogP contribution < -0.4 is 0 Å². The molecule has 0 spiro atoms. The molecule has 0 rings (SSSR count). The first-order chi connectivity index (χ1) is 5.91. The van der Waals surface area contributed by atoms with Gasteiger partial charge in [0.05, 0.1) is 0 Å². The topological polar surface area (TPSA) is 20.2 Å². The van der Waals surface area contributed by atoms with E-state index < -0.39 is 0 Å². The smallest absolute Gasteiger partial charge is 0.0465 e. The average Bonchev–Trinajstić information content (AvgIpc) is 2.10. The highest BCUT2D eigenvalue weighted by atomic mass is 16.2. The zero-order valence-electron chi connectivity index (χ0n) is 8.00. The summed E-state index contributed by atoms with van der Waals surface area (Å²) in [5.41, 5.74) is 0. The maximum absolute atomic E-state index is 8.46. The van der Waals surface area contributed by atoms with Crippen LogP contribution in [0.15, 0.2) is 24.3 Å². The van der Waals surface area contributed by atoms with Crippen molar-refractivity contribution in [2.24, 2.45) is 0 Å². The lowest BCUT2D eigenvalue weighted by atomic mass is 10.2. The fourth-order valence-corrected chi connectivity index (χ4v) is 0.936. The maximum atomic E-state index is 8.46. The summed E-state index contributed by atoms with van der Waals surface area (Å²) in [7, 11) is 0. The van der Waals surface area contributed by atoms with Gasteiger partial charge in [-0.05, 0) is 19.3 Å². The van der Waals surface area contributed by atoms with Gasteiger partial charge in [0.25, 0.3) is 0 Å². The summed E-state index contributed by atoms with van der Waals surface area (Å²) in [5, 5.41) is 8.46. The zero-order chi connectivity index (χ0) is 9.07. The molecule has 0 aliphatic carbocycles. The lowest BCUT2D eigenvalue weighted by molar-refractivity contribution is 0.302. The molecule has 0 unspecified atom stereocenters. The fraction of sp³-hybridized carbons (Fsp3) is 0.636. The number of hydrogen-bond acceptors (Lipinski definition) is 1. The summed E-state index contributed by atoms with van der Waals surface area (Å²) in [5.74, 6) is 0. The average molecular weight is 168 g/mol. The fourth-order valence-electron chi connectivity index (χ4n) is 0.936. The Morgan fingerprint density at radius 1 is 1.00 bits per heavy atom. The number of aliphatic hydroxyl groups is 1. The Morgan fingerprint density at radius 2 is 1.67 bits per heavy atom. The van der Waals surface area contributed by atoms with Crippen molar-refractivity contribution < 1.29 is 5.11 Å². The number of allylic oxidation sites excluding steroid dienone is 3. The zero-order valence-corrected chi connectivity index (χ0v) is 8.00. The summed E-state index contributed by atoms with van der Waals surface area (Å²) in [4.78, 5) is 0. The van der Waals surface area contributed by atoms with Gasteiger partial charge in [-0.25, -0.2) is 0 Å². The molecule has 12 heavy (non-hydrogen) atoms. The van der Waals surface area contributed by atoms with Crippen LogP contribution in [-0.4, -0.2) is 11.7 Å². The second-order valence-corrected chi connectivity index (χ2v) is 2.86. The van der Waals surface area contributed by atoms with E-state index in [9.17, 15) is 0 Å². The van der Waals surface area contributed by atoms with Crippen molar-refractivity contribution >= 4 is 0 Å². The Labute approximate surface area is 75.8 Å². The predicted octanol–water partition coefficient (Wildman–Crippen LogP) is 3.06. The lowest BCUT2D eigenvalue weighted by Crippen LogP contribution is -1.74. The van der Waals surface area contributed by atoms with Gasteiger partial charge in [-0.2, -0.15) is 0 Å². The highest BCUT2D eigenvalue weighted by molar-refractivity contribution is 5.02. The van der Waals surface area contributed by atoms with Crippen LogP contribution in [0, 0.1) is 0 Å². The predicted molar refractivity (Wildman–Crippen MR) is 54.1 cm³/mol. The summed E-state index contributed by atoms with van der Waals surface area (Å²) in [6.07, 6.45) is 14.1. The van der Waals surface area contributed by atoms with Gasteiger partial charge in [0.15, 0.2) is 0 Å². The molecular weight excluding hydrogens is 148 g/mol. The first-order valence-electron chi connectivity index (χ1n) is 4.84. The number of hydrogen-bond donors (Lipinski definition) is 1. The van der Waals surface area contributed by atoms with Crippen LogP contribution in [0.2, 0.25) is 0 Å². The van der Waals surface area contributed by atoms with Crippen molar-refractivity contribution in [2.45, 2.75) is 39.0 Å². The van der Waals surface area contributed by atoms with E-state index in [1.165, 1.54) is 25.7 Å². The lowest BCUT2D eigenvalue weighted by Gasteiger charge is -1.89. The molecule has 0 aliphatic rings. The Morgan fingerprint density at radius 3 is 2.25 bits per heavy atom. The highest BCUT2D eigenvalue weighted by Gasteiger charge is 1.79. The molecule has 0 saturated carbocycles. The van der Waals surface area contributed by atoms with Gasteiger partial charge < -0.3 is 5.11 Å². The minimum atomic E-state index is 0.250. The van der Waals surface area contributed by atoms with Crippen molar-refractivity contribution in [3.05, 3.63) is 24.3 Å². The molecule has 1 heteroatoms. The molecule has 1 nitrogen and oxygen atoms in total. The van der Waals surface area contributed by atoms with E-state index in [1.54, 1.807) is 0 Å². The van der Waals surface area contributed by atoms with Gasteiger partial charge in [0.2, 0.25) is 0 Å². The Bertz CT molecular complexity index is 125. The number of rotatable bonds is 7. The SMILES string of the molecule is CCCCC/C=C\C=C\CCO. The molecule has 0 aromatic heterocycles. The first kappa shape index (κ1) is 11.4. The van der Waals surface area contributed by atoms with E-state index in [0.29, 0.717) is 0 Å². The molecule has 0 saturated heterocycles. The van der Waals surface area contributed by atoms with Gasteiger partial charge in [0.1, 0.15) is 0 Å². The van der Waals surface area contributed by atoms with E-state index in [-0.39, 0.29) is 6.61 Å². The van der Waals surface area contributed by atoms with E-state index in [0.717, 1.165) is 6.42 Å². The molecule has 0 fully saturated rings. The largest absolute Gasteiger partial charge is 0.396 e. The van der Waals surface area contributed by atoms with Gasteiger partial charge in [-0.3, -0.25) is 0 Å². The number of aliphatic hydroxyl groups excluding tert-OH is 1. The molecule has 0 radical (unpaired) electrons. The minimum Gasteiger partial charge on any atom is -0.396 e. The quantitative estimate of drug-likeness (QED) is 0.457. The van der Waals surface area contributed by atoms with E-state index in [2.05, 4.69) is 19.1 Å². The van der Waals surface area contributed by atoms with Crippen LogP contribution in [-0.2, 0) is 0 Å². The second-order valence-electron chi connectivity index (χ2n) is 2.86. The van der Waals surface area contributed by atoms with Crippen LogP contribution in [0.1, 0.15) is 39.0 Å². The van der Waals surface area contributed by atoms with Gasteiger partial charge in [0, 0.05) is 6.61 Å². The second kappa shape index (κ2) is 10.4. The third-order valence-corrected chi connectivity index (χ3v) is 1.65. The van der Waals surface area contributed by atoms with Crippen molar-refractivity contribution in [1.29, 1.82) is 0 Å². The third-order valence-electron chi connectivity index (χ3n) is 1.65. The van der Waals surface area contributed by atoms with Crippen molar-refractivity contribution in [2.75, 3.05) is 6.61 Å². The molecule has 0 aliphatic heterocycles. The monoisotopic (exact) mass is 168 g/mol. The number of unbranched alkanes of at least 4 members (excludes halogenated alkanes) is 3. The Hall–Kier alpha value is -0.560. The minimum absolute atomic E-state index is 0.250. The molecule has 0 amide bonds. The van der Waals surface area contributed by atoms with E-state index >= 15 is 0 Å². The van der Waals surface area contributed by atoms with Crippen LogP contribution >= 0.6 is 0 Å². The summed E-state index contributed by atoms with van der Waals surface area (Å²) in [6.45, 7) is 2.46. The molecule has 0 aromatic carbocycles. The van der Waals surface area contributed by atoms with Crippen molar-refractivity contribution in [3.8, 4) is 0 Å². The molecule has 0 aromatic rings. The van der Waals surface area contributed by atoms with E-state index in [1.807, 2.05) is 12.2 Å². The molecular formula is C11H20O. The first-order valence-corrected chi connectivity index (χ1v) is 4.84. The van der Waals surface area contributed by atoms with Crippen molar-refractivity contribution in [1.82, 2.24) is 0 Å².